The predicted molar refractivity (Wildman–Crippen MR) is 70.2 cm³/mol. The van der Waals surface area contributed by atoms with Crippen LogP contribution in [0, 0.1) is 5.92 Å². The fourth-order valence-corrected chi connectivity index (χ4v) is 3.36. The minimum absolute atomic E-state index is 0.0186. The number of fused-ring (bicyclic) bond motifs is 2. The molecule has 1 saturated heterocycles. The molecule has 18 heavy (non-hydrogen) atoms. The average Bonchev–Trinajstić information content (AvgIpc) is 2.54. The molecule has 1 fully saturated rings. The van der Waals surface area contributed by atoms with E-state index >= 15 is 0 Å². The van der Waals surface area contributed by atoms with Gasteiger partial charge in [0.25, 0.3) is 0 Å². The molecule has 2 aliphatic rings. The third kappa shape index (κ3) is 3.61. The number of alkyl halides is 3. The first-order valence-corrected chi connectivity index (χ1v) is 7.15. The molecule has 1 heterocycles. The third-order valence-corrected chi connectivity index (χ3v) is 4.44. The number of allylic oxidation sites excluding steroid dienone is 1. The number of amides is 1. The molecule has 0 radical (unpaired) electrons. The fraction of sp³-hybridized carbons (Fsp3) is 0.750. The molecular formula is C12H15F3INO. The standard InChI is InChI=1S/C12H15F3INO/c13-12(14,15)4-3-11(18)17-7-8-1-2-9(16)6-10(17)5-8/h6,8,10H,1-5,7H2. The Morgan fingerprint density at radius 3 is 2.89 bits per heavy atom. The summed E-state index contributed by atoms with van der Waals surface area (Å²) in [4.78, 5) is 13.5. The summed E-state index contributed by atoms with van der Waals surface area (Å²) in [7, 11) is 0. The smallest absolute Gasteiger partial charge is 0.336 e. The van der Waals surface area contributed by atoms with Gasteiger partial charge < -0.3 is 4.90 Å². The van der Waals surface area contributed by atoms with Gasteiger partial charge in [-0.1, -0.05) is 6.08 Å². The quantitative estimate of drug-likeness (QED) is 0.677. The van der Waals surface area contributed by atoms with Gasteiger partial charge >= 0.3 is 6.18 Å². The zero-order valence-electron chi connectivity index (χ0n) is 9.84. The molecule has 102 valence electrons. The fourth-order valence-electron chi connectivity index (χ4n) is 2.64. The van der Waals surface area contributed by atoms with Gasteiger partial charge in [-0.15, -0.1) is 0 Å². The van der Waals surface area contributed by atoms with Crippen molar-refractivity contribution in [3.8, 4) is 0 Å². The second kappa shape index (κ2) is 5.38. The van der Waals surface area contributed by atoms with E-state index < -0.39 is 19.0 Å². The maximum Gasteiger partial charge on any atom is 0.389 e. The van der Waals surface area contributed by atoms with Gasteiger partial charge in [-0.2, -0.15) is 13.2 Å². The van der Waals surface area contributed by atoms with Crippen LogP contribution in [0.2, 0.25) is 0 Å². The number of nitrogens with zero attached hydrogens (tertiary/aromatic N) is 1. The average molecular weight is 373 g/mol. The number of halogens is 4. The molecule has 2 atom stereocenters. The lowest BCUT2D eigenvalue weighted by molar-refractivity contribution is -0.149. The van der Waals surface area contributed by atoms with E-state index in [-0.39, 0.29) is 11.9 Å². The Labute approximate surface area is 118 Å². The summed E-state index contributed by atoms with van der Waals surface area (Å²) in [6.07, 6.45) is -0.660. The highest BCUT2D eigenvalue weighted by atomic mass is 127. The highest BCUT2D eigenvalue weighted by Crippen LogP contribution is 2.35. The van der Waals surface area contributed by atoms with Gasteiger partial charge in [-0.25, -0.2) is 0 Å². The number of carbonyl (C=O) groups excluding carboxylic acids is 1. The predicted octanol–water partition coefficient (Wildman–Crippen LogP) is 3.66. The molecule has 1 amide bonds. The molecule has 6 heteroatoms. The summed E-state index contributed by atoms with van der Waals surface area (Å²) in [5.41, 5.74) is 0. The minimum atomic E-state index is -4.24. The molecule has 0 saturated carbocycles. The van der Waals surface area contributed by atoms with Crippen molar-refractivity contribution in [2.75, 3.05) is 6.54 Å². The topological polar surface area (TPSA) is 20.3 Å². The van der Waals surface area contributed by atoms with Crippen molar-refractivity contribution in [3.63, 3.8) is 0 Å². The van der Waals surface area contributed by atoms with Gasteiger partial charge in [0.05, 0.1) is 12.5 Å². The van der Waals surface area contributed by atoms with Crippen LogP contribution in [0.3, 0.4) is 0 Å². The number of carbonyl (C=O) groups is 1. The Morgan fingerprint density at radius 2 is 2.22 bits per heavy atom. The van der Waals surface area contributed by atoms with E-state index in [1.165, 1.54) is 3.58 Å². The zero-order chi connectivity index (χ0) is 13.3. The molecule has 0 aromatic carbocycles. The van der Waals surface area contributed by atoms with Crippen LogP contribution in [-0.2, 0) is 4.79 Å². The molecule has 0 aromatic rings. The number of likely N-dealkylation sites (tertiary alicyclic amines) is 1. The number of hydrogen-bond donors (Lipinski definition) is 0. The van der Waals surface area contributed by atoms with Crippen molar-refractivity contribution in [2.45, 2.75) is 44.3 Å². The first-order chi connectivity index (χ1) is 8.35. The van der Waals surface area contributed by atoms with Crippen LogP contribution < -0.4 is 0 Å². The maximum absolute atomic E-state index is 12.1. The lowest BCUT2D eigenvalue weighted by Gasteiger charge is -2.24. The van der Waals surface area contributed by atoms with Crippen LogP contribution in [0.1, 0.15) is 32.1 Å². The largest absolute Gasteiger partial charge is 0.389 e. The van der Waals surface area contributed by atoms with Crippen molar-refractivity contribution in [1.82, 2.24) is 4.90 Å². The van der Waals surface area contributed by atoms with E-state index in [1.807, 2.05) is 6.08 Å². The molecule has 0 aromatic heterocycles. The summed E-state index contributed by atoms with van der Waals surface area (Å²) in [6, 6.07) is 0.0186. The van der Waals surface area contributed by atoms with Crippen LogP contribution >= 0.6 is 22.6 Å². The SMILES string of the molecule is O=C(CCC(F)(F)F)N1CC2CCC(I)=CC1C2. The van der Waals surface area contributed by atoms with Gasteiger partial charge in [-0.3, -0.25) is 4.79 Å². The lowest BCUT2D eigenvalue weighted by Crippen LogP contribution is -2.35. The Bertz CT molecular complexity index is 367. The summed E-state index contributed by atoms with van der Waals surface area (Å²) >= 11 is 2.25. The van der Waals surface area contributed by atoms with Crippen LogP contribution in [0.5, 0.6) is 0 Å². The molecule has 0 spiro atoms. The first-order valence-electron chi connectivity index (χ1n) is 6.07. The van der Waals surface area contributed by atoms with E-state index in [4.69, 9.17) is 0 Å². The summed E-state index contributed by atoms with van der Waals surface area (Å²) in [6.45, 7) is 0.627. The second-order valence-corrected chi connectivity index (χ2v) is 6.37. The van der Waals surface area contributed by atoms with Gasteiger partial charge in [0.2, 0.25) is 5.91 Å². The molecule has 1 aliphatic carbocycles. The van der Waals surface area contributed by atoms with Crippen molar-refractivity contribution in [3.05, 3.63) is 9.66 Å². The van der Waals surface area contributed by atoms with Gasteiger partial charge in [0.1, 0.15) is 0 Å². The molecule has 0 N–H and O–H groups in total. The maximum atomic E-state index is 12.1. The molecule has 2 bridgehead atoms. The van der Waals surface area contributed by atoms with Crippen molar-refractivity contribution in [1.29, 1.82) is 0 Å². The van der Waals surface area contributed by atoms with Gasteiger partial charge in [0, 0.05) is 13.0 Å². The summed E-state index contributed by atoms with van der Waals surface area (Å²) < 4.78 is 37.6. The van der Waals surface area contributed by atoms with E-state index in [1.54, 1.807) is 4.90 Å². The Morgan fingerprint density at radius 1 is 1.50 bits per heavy atom. The Kier molecular flexibility index (Phi) is 4.23. The first kappa shape index (κ1) is 14.1. The second-order valence-electron chi connectivity index (χ2n) is 4.98. The Hall–Kier alpha value is -0.270. The van der Waals surface area contributed by atoms with E-state index in [0.29, 0.717) is 12.5 Å². The highest BCUT2D eigenvalue weighted by Gasteiger charge is 2.37. The van der Waals surface area contributed by atoms with Crippen LogP contribution in [0.4, 0.5) is 13.2 Å². The Balaban J connectivity index is 1.97. The van der Waals surface area contributed by atoms with E-state index in [9.17, 15) is 18.0 Å². The highest BCUT2D eigenvalue weighted by molar-refractivity contribution is 14.1. The summed E-state index contributed by atoms with van der Waals surface area (Å²) in [5.74, 6) is 0.0931. The third-order valence-electron chi connectivity index (χ3n) is 3.54. The molecule has 1 aliphatic heterocycles. The number of hydrogen-bond acceptors (Lipinski definition) is 1. The van der Waals surface area contributed by atoms with Crippen LogP contribution in [0.25, 0.3) is 0 Å². The lowest BCUT2D eigenvalue weighted by atomic mass is 10.0. The van der Waals surface area contributed by atoms with Crippen molar-refractivity contribution < 1.29 is 18.0 Å². The summed E-state index contributed by atoms with van der Waals surface area (Å²) in [5, 5.41) is 0. The van der Waals surface area contributed by atoms with Gasteiger partial charge in [0.15, 0.2) is 0 Å². The van der Waals surface area contributed by atoms with Crippen LogP contribution in [-0.4, -0.2) is 29.6 Å². The minimum Gasteiger partial charge on any atom is -0.336 e. The van der Waals surface area contributed by atoms with Crippen LogP contribution in [0.15, 0.2) is 9.66 Å². The van der Waals surface area contributed by atoms with E-state index in [0.717, 1.165) is 19.3 Å². The normalized spacial score (nSPS) is 28.0. The molecular weight excluding hydrogens is 358 g/mol. The van der Waals surface area contributed by atoms with Gasteiger partial charge in [-0.05, 0) is 51.4 Å². The molecule has 2 nitrogen and oxygen atoms in total. The molecule has 2 unspecified atom stereocenters. The zero-order valence-corrected chi connectivity index (χ0v) is 12.0. The molecule has 2 rings (SSSR count). The van der Waals surface area contributed by atoms with Crippen molar-refractivity contribution in [2.24, 2.45) is 5.92 Å². The monoisotopic (exact) mass is 373 g/mol. The van der Waals surface area contributed by atoms with Crippen molar-refractivity contribution >= 4 is 28.5 Å². The number of rotatable bonds is 2. The van der Waals surface area contributed by atoms with E-state index in [2.05, 4.69) is 22.6 Å².